The summed E-state index contributed by atoms with van der Waals surface area (Å²) in [4.78, 5) is 30.4. The quantitative estimate of drug-likeness (QED) is 0.112. The summed E-state index contributed by atoms with van der Waals surface area (Å²) in [5, 5.41) is 6.36. The van der Waals surface area contributed by atoms with Gasteiger partial charge in [0.15, 0.2) is 11.4 Å². The Hall–Kier alpha value is -4.24. The van der Waals surface area contributed by atoms with Crippen molar-refractivity contribution in [2.45, 2.75) is 51.1 Å². The van der Waals surface area contributed by atoms with Crippen molar-refractivity contribution >= 4 is 28.5 Å². The number of carbonyl (C=O) groups excluding carboxylic acids is 2. The van der Waals surface area contributed by atoms with Gasteiger partial charge in [-0.25, -0.2) is 14.2 Å². The number of methoxy groups -OCH3 is 1. The second-order valence-electron chi connectivity index (χ2n) is 10.6. The number of benzene rings is 3. The molecule has 0 radical (unpaired) electrons. The first-order valence-corrected chi connectivity index (χ1v) is 14.4. The minimum atomic E-state index is -0.808. The van der Waals surface area contributed by atoms with Gasteiger partial charge < -0.3 is 24.5 Å². The third-order valence-corrected chi connectivity index (χ3v) is 7.56. The van der Waals surface area contributed by atoms with Gasteiger partial charge in [-0.05, 0) is 60.9 Å². The first-order chi connectivity index (χ1) is 20.5. The molecule has 42 heavy (non-hydrogen) atoms. The molecule has 8 nitrogen and oxygen atoms in total. The molecule has 0 saturated heterocycles. The fourth-order valence-electron chi connectivity index (χ4n) is 5.35. The molecule has 4 aromatic rings. The maximum atomic E-state index is 14.2. The van der Waals surface area contributed by atoms with Crippen LogP contribution in [-0.4, -0.2) is 43.0 Å². The number of halogens is 1. The summed E-state index contributed by atoms with van der Waals surface area (Å²) in [6.45, 7) is 1.55. The molecule has 1 heterocycles. The summed E-state index contributed by atoms with van der Waals surface area (Å²) < 4.78 is 30.8. The van der Waals surface area contributed by atoms with Gasteiger partial charge in [0.05, 0.1) is 13.7 Å². The van der Waals surface area contributed by atoms with Crippen molar-refractivity contribution in [1.29, 1.82) is 0 Å². The SMILES string of the molecule is COC(=O)C(Cc1ccc(OCCNCc2nc3ccccc3o2)cc1)Nc1cc(F)ccc1C(=O)C1CCCCC1. The topological polar surface area (TPSA) is 103 Å². The van der Waals surface area contributed by atoms with Crippen LogP contribution in [0.25, 0.3) is 11.1 Å². The highest BCUT2D eigenvalue weighted by atomic mass is 19.1. The number of fused-ring (bicyclic) bond motifs is 1. The van der Waals surface area contributed by atoms with E-state index in [1.807, 2.05) is 48.5 Å². The lowest BCUT2D eigenvalue weighted by molar-refractivity contribution is -0.141. The number of esters is 1. The molecule has 2 N–H and O–H groups in total. The van der Waals surface area contributed by atoms with Crippen LogP contribution in [0.5, 0.6) is 5.75 Å². The number of nitrogens with one attached hydrogen (secondary N) is 2. The van der Waals surface area contributed by atoms with Crippen molar-refractivity contribution in [3.63, 3.8) is 0 Å². The predicted octanol–water partition coefficient (Wildman–Crippen LogP) is 6.09. The normalized spacial score (nSPS) is 14.4. The summed E-state index contributed by atoms with van der Waals surface area (Å²) in [6, 6.07) is 18.3. The average Bonchev–Trinajstić information content (AvgIpc) is 3.44. The van der Waals surface area contributed by atoms with Crippen LogP contribution in [0.2, 0.25) is 0 Å². The molecule has 1 saturated carbocycles. The molecule has 9 heteroatoms. The van der Waals surface area contributed by atoms with Crippen LogP contribution in [-0.2, 0) is 22.5 Å². The van der Waals surface area contributed by atoms with Gasteiger partial charge in [0.1, 0.15) is 29.7 Å². The molecule has 220 valence electrons. The molecule has 1 atom stereocenters. The monoisotopic (exact) mass is 573 g/mol. The molecule has 1 aliphatic rings. The van der Waals surface area contributed by atoms with E-state index < -0.39 is 17.8 Å². The maximum absolute atomic E-state index is 14.2. The van der Waals surface area contributed by atoms with Crippen molar-refractivity contribution in [3.05, 3.63) is 89.6 Å². The van der Waals surface area contributed by atoms with Gasteiger partial charge in [0.2, 0.25) is 5.89 Å². The minimum absolute atomic E-state index is 0.00865. The molecular weight excluding hydrogens is 537 g/mol. The van der Waals surface area contributed by atoms with Crippen LogP contribution >= 0.6 is 0 Å². The van der Waals surface area contributed by atoms with E-state index in [4.69, 9.17) is 13.9 Å². The highest BCUT2D eigenvalue weighted by Gasteiger charge is 2.27. The number of hydrogen-bond donors (Lipinski definition) is 2. The smallest absolute Gasteiger partial charge is 0.328 e. The zero-order valence-electron chi connectivity index (χ0n) is 23.7. The predicted molar refractivity (Wildman–Crippen MR) is 158 cm³/mol. The zero-order valence-corrected chi connectivity index (χ0v) is 23.7. The van der Waals surface area contributed by atoms with Gasteiger partial charge in [-0.2, -0.15) is 0 Å². The first-order valence-electron chi connectivity index (χ1n) is 14.4. The van der Waals surface area contributed by atoms with E-state index in [2.05, 4.69) is 15.6 Å². The fraction of sp³-hybridized carbons (Fsp3) is 0.364. The van der Waals surface area contributed by atoms with E-state index in [-0.39, 0.29) is 18.1 Å². The van der Waals surface area contributed by atoms with Crippen molar-refractivity contribution in [3.8, 4) is 5.75 Å². The summed E-state index contributed by atoms with van der Waals surface area (Å²) >= 11 is 0. The number of carbonyl (C=O) groups is 2. The summed E-state index contributed by atoms with van der Waals surface area (Å²) in [6.07, 6.45) is 5.11. The largest absolute Gasteiger partial charge is 0.492 e. The molecule has 0 spiro atoms. The van der Waals surface area contributed by atoms with Crippen LogP contribution in [0.3, 0.4) is 0 Å². The number of anilines is 1. The minimum Gasteiger partial charge on any atom is -0.492 e. The van der Waals surface area contributed by atoms with Gasteiger partial charge in [-0.3, -0.25) is 4.79 Å². The molecule has 3 aromatic carbocycles. The Bertz CT molecular complexity index is 1460. The number of oxazole rings is 1. The summed E-state index contributed by atoms with van der Waals surface area (Å²) in [5.74, 6) is 0.247. The van der Waals surface area contributed by atoms with Gasteiger partial charge in [0, 0.05) is 30.1 Å². The highest BCUT2D eigenvalue weighted by molar-refractivity contribution is 6.03. The summed E-state index contributed by atoms with van der Waals surface area (Å²) in [7, 11) is 1.31. The van der Waals surface area contributed by atoms with E-state index in [9.17, 15) is 14.0 Å². The third kappa shape index (κ3) is 7.53. The Labute approximate surface area is 244 Å². The first kappa shape index (κ1) is 29.3. The third-order valence-electron chi connectivity index (χ3n) is 7.56. The number of para-hydroxylation sites is 2. The maximum Gasteiger partial charge on any atom is 0.328 e. The van der Waals surface area contributed by atoms with Crippen molar-refractivity contribution in [2.75, 3.05) is 25.6 Å². The van der Waals surface area contributed by atoms with Gasteiger partial charge in [-0.1, -0.05) is 43.5 Å². The van der Waals surface area contributed by atoms with Crippen LogP contribution in [0.1, 0.15) is 53.9 Å². The van der Waals surface area contributed by atoms with Gasteiger partial charge >= 0.3 is 5.97 Å². The van der Waals surface area contributed by atoms with E-state index >= 15 is 0 Å². The number of Topliss-reactive ketones (excluding diaryl/α,β-unsaturated/α-hetero) is 1. The van der Waals surface area contributed by atoms with Crippen molar-refractivity contribution in [2.24, 2.45) is 5.92 Å². The Kier molecular flexibility index (Phi) is 9.82. The Balaban J connectivity index is 1.15. The molecule has 0 amide bonds. The zero-order chi connectivity index (χ0) is 29.3. The van der Waals surface area contributed by atoms with E-state index in [0.29, 0.717) is 42.6 Å². The van der Waals surface area contributed by atoms with Gasteiger partial charge in [0.25, 0.3) is 0 Å². The van der Waals surface area contributed by atoms with Gasteiger partial charge in [-0.15, -0.1) is 0 Å². The molecule has 1 unspecified atom stereocenters. The Morgan fingerprint density at radius 1 is 1.05 bits per heavy atom. The van der Waals surface area contributed by atoms with E-state index in [1.165, 1.54) is 25.3 Å². The highest BCUT2D eigenvalue weighted by Crippen LogP contribution is 2.30. The lowest BCUT2D eigenvalue weighted by atomic mass is 9.83. The number of rotatable bonds is 13. The molecule has 1 fully saturated rings. The number of aromatic nitrogens is 1. The van der Waals surface area contributed by atoms with E-state index in [0.717, 1.165) is 48.8 Å². The molecule has 0 bridgehead atoms. The molecular formula is C33H36FN3O5. The number of nitrogens with zero attached hydrogens (tertiary/aromatic N) is 1. The average molecular weight is 574 g/mol. The van der Waals surface area contributed by atoms with Crippen LogP contribution in [0.15, 0.2) is 71.1 Å². The summed E-state index contributed by atoms with van der Waals surface area (Å²) in [5.41, 5.74) is 3.17. The second-order valence-corrected chi connectivity index (χ2v) is 10.6. The number of hydrogen-bond acceptors (Lipinski definition) is 8. The lowest BCUT2D eigenvalue weighted by Crippen LogP contribution is -2.34. The molecule has 5 rings (SSSR count). The van der Waals surface area contributed by atoms with Crippen molar-refractivity contribution in [1.82, 2.24) is 10.3 Å². The lowest BCUT2D eigenvalue weighted by Gasteiger charge is -2.24. The second kappa shape index (κ2) is 14.1. The molecule has 1 aromatic heterocycles. The molecule has 0 aliphatic heterocycles. The fourth-order valence-corrected chi connectivity index (χ4v) is 5.35. The van der Waals surface area contributed by atoms with E-state index in [1.54, 1.807) is 0 Å². The van der Waals surface area contributed by atoms with Crippen LogP contribution in [0.4, 0.5) is 10.1 Å². The standard InChI is InChI=1S/C33H36FN3O5/c1-40-33(39)29(36-28-20-24(34)13-16-26(28)32(38)23-7-3-2-4-8-23)19-22-11-14-25(15-12-22)41-18-17-35-21-31-37-27-9-5-6-10-30(27)42-31/h5-6,9-16,20,23,29,35-36H,2-4,7-8,17-19,21H2,1H3. The Morgan fingerprint density at radius 2 is 1.83 bits per heavy atom. The van der Waals surface area contributed by atoms with Crippen LogP contribution < -0.4 is 15.4 Å². The van der Waals surface area contributed by atoms with Crippen molar-refractivity contribution < 1.29 is 27.9 Å². The number of ketones is 1. The molecule has 1 aliphatic carbocycles. The van der Waals surface area contributed by atoms with Crippen LogP contribution in [0, 0.1) is 11.7 Å². The number of ether oxygens (including phenoxy) is 2. The Morgan fingerprint density at radius 3 is 2.60 bits per heavy atom.